The summed E-state index contributed by atoms with van der Waals surface area (Å²) >= 11 is 0. The van der Waals surface area contributed by atoms with Gasteiger partial charge < -0.3 is 14.9 Å². The van der Waals surface area contributed by atoms with Gasteiger partial charge in [-0.1, -0.05) is 12.1 Å². The summed E-state index contributed by atoms with van der Waals surface area (Å²) in [4.78, 5) is 4.16. The van der Waals surface area contributed by atoms with Gasteiger partial charge in [0.25, 0.3) is 0 Å². The SMILES string of the molecule is COc1cc(-c2cccc(N)c2)c2ocnc2c1. The largest absolute Gasteiger partial charge is 0.497 e. The first-order valence-electron chi connectivity index (χ1n) is 5.55. The van der Waals surface area contributed by atoms with Crippen molar-refractivity contribution in [2.24, 2.45) is 0 Å². The number of hydrogen-bond donors (Lipinski definition) is 1. The lowest BCUT2D eigenvalue weighted by Gasteiger charge is -2.06. The molecule has 0 bridgehead atoms. The van der Waals surface area contributed by atoms with Gasteiger partial charge in [0.1, 0.15) is 11.3 Å². The van der Waals surface area contributed by atoms with E-state index in [1.54, 1.807) is 7.11 Å². The van der Waals surface area contributed by atoms with E-state index in [9.17, 15) is 0 Å². The number of methoxy groups -OCH3 is 1. The van der Waals surface area contributed by atoms with Crippen LogP contribution in [0.25, 0.3) is 22.2 Å². The highest BCUT2D eigenvalue weighted by Crippen LogP contribution is 2.33. The third-order valence-electron chi connectivity index (χ3n) is 2.84. The molecule has 0 aliphatic heterocycles. The lowest BCUT2D eigenvalue weighted by Crippen LogP contribution is -1.88. The quantitative estimate of drug-likeness (QED) is 0.699. The van der Waals surface area contributed by atoms with Crippen LogP contribution in [0.3, 0.4) is 0 Å². The van der Waals surface area contributed by atoms with Crippen LogP contribution in [0.2, 0.25) is 0 Å². The minimum atomic E-state index is 0.711. The second-order valence-electron chi connectivity index (χ2n) is 4.00. The van der Waals surface area contributed by atoms with E-state index in [0.717, 1.165) is 28.0 Å². The van der Waals surface area contributed by atoms with Crippen LogP contribution in [0.1, 0.15) is 0 Å². The number of rotatable bonds is 2. The maximum Gasteiger partial charge on any atom is 0.182 e. The molecule has 0 amide bonds. The minimum Gasteiger partial charge on any atom is -0.497 e. The van der Waals surface area contributed by atoms with E-state index in [1.807, 2.05) is 36.4 Å². The van der Waals surface area contributed by atoms with Gasteiger partial charge in [0, 0.05) is 17.3 Å². The van der Waals surface area contributed by atoms with E-state index >= 15 is 0 Å². The molecule has 3 rings (SSSR count). The second kappa shape index (κ2) is 4.07. The number of ether oxygens (including phenoxy) is 1. The van der Waals surface area contributed by atoms with Crippen molar-refractivity contribution in [3.8, 4) is 16.9 Å². The van der Waals surface area contributed by atoms with Crippen LogP contribution >= 0.6 is 0 Å². The fourth-order valence-electron chi connectivity index (χ4n) is 1.98. The Bertz CT molecular complexity index is 704. The molecule has 4 nitrogen and oxygen atoms in total. The normalized spacial score (nSPS) is 10.7. The Balaban J connectivity index is 2.29. The number of nitrogens with zero attached hydrogens (tertiary/aromatic N) is 1. The van der Waals surface area contributed by atoms with Crippen LogP contribution < -0.4 is 10.5 Å². The van der Waals surface area contributed by atoms with Gasteiger partial charge >= 0.3 is 0 Å². The first-order chi connectivity index (χ1) is 8.78. The smallest absolute Gasteiger partial charge is 0.182 e. The molecular weight excluding hydrogens is 228 g/mol. The molecule has 2 aromatic carbocycles. The Labute approximate surface area is 104 Å². The highest BCUT2D eigenvalue weighted by molar-refractivity contribution is 5.92. The zero-order chi connectivity index (χ0) is 12.5. The summed E-state index contributed by atoms with van der Waals surface area (Å²) in [6.07, 6.45) is 1.43. The van der Waals surface area contributed by atoms with E-state index in [4.69, 9.17) is 14.9 Å². The molecule has 90 valence electrons. The predicted octanol–water partition coefficient (Wildman–Crippen LogP) is 3.09. The summed E-state index contributed by atoms with van der Waals surface area (Å²) in [6, 6.07) is 11.4. The molecule has 0 unspecified atom stereocenters. The number of fused-ring (bicyclic) bond motifs is 1. The van der Waals surface area contributed by atoms with Crippen molar-refractivity contribution in [1.29, 1.82) is 0 Å². The fraction of sp³-hybridized carbons (Fsp3) is 0.0714. The van der Waals surface area contributed by atoms with Crippen molar-refractivity contribution in [2.45, 2.75) is 0 Å². The molecule has 0 spiro atoms. The topological polar surface area (TPSA) is 61.3 Å². The first-order valence-corrected chi connectivity index (χ1v) is 5.55. The molecule has 0 saturated carbocycles. The van der Waals surface area contributed by atoms with Crippen LogP contribution in [-0.2, 0) is 0 Å². The Morgan fingerprint density at radius 2 is 2.11 bits per heavy atom. The van der Waals surface area contributed by atoms with Gasteiger partial charge in [-0.15, -0.1) is 0 Å². The van der Waals surface area contributed by atoms with Crippen molar-refractivity contribution < 1.29 is 9.15 Å². The third-order valence-corrected chi connectivity index (χ3v) is 2.84. The van der Waals surface area contributed by atoms with Crippen molar-refractivity contribution in [1.82, 2.24) is 4.98 Å². The van der Waals surface area contributed by atoms with Gasteiger partial charge in [-0.3, -0.25) is 0 Å². The molecular formula is C14H12N2O2. The monoisotopic (exact) mass is 240 g/mol. The van der Waals surface area contributed by atoms with Gasteiger partial charge in [0.2, 0.25) is 0 Å². The maximum atomic E-state index is 5.81. The van der Waals surface area contributed by atoms with Gasteiger partial charge in [-0.25, -0.2) is 4.98 Å². The molecule has 0 radical (unpaired) electrons. The zero-order valence-electron chi connectivity index (χ0n) is 9.88. The number of benzene rings is 2. The fourth-order valence-corrected chi connectivity index (χ4v) is 1.98. The Hall–Kier alpha value is -2.49. The predicted molar refractivity (Wildman–Crippen MR) is 70.4 cm³/mol. The van der Waals surface area contributed by atoms with Crippen molar-refractivity contribution in [3.63, 3.8) is 0 Å². The average molecular weight is 240 g/mol. The summed E-state index contributed by atoms with van der Waals surface area (Å²) < 4.78 is 10.7. The van der Waals surface area contributed by atoms with Crippen molar-refractivity contribution >= 4 is 16.8 Å². The van der Waals surface area contributed by atoms with E-state index in [0.29, 0.717) is 5.69 Å². The molecule has 1 aromatic heterocycles. The molecule has 0 atom stereocenters. The first kappa shape index (κ1) is 10.7. The molecule has 2 N–H and O–H groups in total. The number of hydrogen-bond acceptors (Lipinski definition) is 4. The summed E-state index contributed by atoms with van der Waals surface area (Å²) in [5.41, 5.74) is 9.93. The number of anilines is 1. The summed E-state index contributed by atoms with van der Waals surface area (Å²) in [6.45, 7) is 0. The van der Waals surface area contributed by atoms with Crippen LogP contribution in [-0.4, -0.2) is 12.1 Å². The lowest BCUT2D eigenvalue weighted by molar-refractivity contribution is 0.415. The van der Waals surface area contributed by atoms with E-state index < -0.39 is 0 Å². The van der Waals surface area contributed by atoms with Gasteiger partial charge in [-0.2, -0.15) is 0 Å². The molecule has 0 aliphatic carbocycles. The molecule has 3 aromatic rings. The standard InChI is InChI=1S/C14H12N2O2/c1-17-11-6-12(9-3-2-4-10(15)5-9)14-13(7-11)16-8-18-14/h2-8H,15H2,1H3. The van der Waals surface area contributed by atoms with Gasteiger partial charge in [-0.05, 0) is 23.8 Å². The van der Waals surface area contributed by atoms with Gasteiger partial charge in [0.05, 0.1) is 7.11 Å². The third kappa shape index (κ3) is 1.68. The van der Waals surface area contributed by atoms with Crippen LogP contribution in [0.4, 0.5) is 5.69 Å². The summed E-state index contributed by atoms with van der Waals surface area (Å²) in [7, 11) is 1.63. The molecule has 4 heteroatoms. The van der Waals surface area contributed by atoms with Crippen molar-refractivity contribution in [2.75, 3.05) is 12.8 Å². The summed E-state index contributed by atoms with van der Waals surface area (Å²) in [5.74, 6) is 0.744. The number of nitrogens with two attached hydrogens (primary N) is 1. The van der Waals surface area contributed by atoms with E-state index in [1.165, 1.54) is 6.39 Å². The average Bonchev–Trinajstić information content (AvgIpc) is 2.85. The molecule has 0 fully saturated rings. The van der Waals surface area contributed by atoms with Crippen molar-refractivity contribution in [3.05, 3.63) is 42.8 Å². The highest BCUT2D eigenvalue weighted by atomic mass is 16.5. The molecule has 1 heterocycles. The van der Waals surface area contributed by atoms with Crippen LogP contribution in [0.15, 0.2) is 47.2 Å². The van der Waals surface area contributed by atoms with Crippen LogP contribution in [0, 0.1) is 0 Å². The number of nitrogen functional groups attached to an aromatic ring is 1. The van der Waals surface area contributed by atoms with E-state index in [2.05, 4.69) is 4.98 Å². The van der Waals surface area contributed by atoms with Crippen LogP contribution in [0.5, 0.6) is 5.75 Å². The highest BCUT2D eigenvalue weighted by Gasteiger charge is 2.10. The van der Waals surface area contributed by atoms with Gasteiger partial charge in [0.15, 0.2) is 12.0 Å². The Kier molecular flexibility index (Phi) is 2.41. The maximum absolute atomic E-state index is 5.81. The second-order valence-corrected chi connectivity index (χ2v) is 4.00. The Morgan fingerprint density at radius 1 is 1.22 bits per heavy atom. The molecule has 0 aliphatic rings. The number of oxazole rings is 1. The minimum absolute atomic E-state index is 0.711. The Morgan fingerprint density at radius 3 is 2.89 bits per heavy atom. The molecule has 18 heavy (non-hydrogen) atoms. The molecule has 0 saturated heterocycles. The summed E-state index contributed by atoms with van der Waals surface area (Å²) in [5, 5.41) is 0. The lowest BCUT2D eigenvalue weighted by atomic mass is 10.0. The van der Waals surface area contributed by atoms with E-state index in [-0.39, 0.29) is 0 Å². The zero-order valence-corrected chi connectivity index (χ0v) is 9.88. The number of aromatic nitrogens is 1.